The van der Waals surface area contributed by atoms with Crippen molar-refractivity contribution in [2.45, 2.75) is 12.6 Å². The number of aliphatic imine (C=N–C) groups is 1. The molecule has 0 fully saturated rings. The van der Waals surface area contributed by atoms with Crippen molar-refractivity contribution in [3.8, 4) is 0 Å². The summed E-state index contributed by atoms with van der Waals surface area (Å²) in [4.78, 5) is 4.58. The van der Waals surface area contributed by atoms with Crippen molar-refractivity contribution in [2.24, 2.45) is 16.5 Å². The lowest BCUT2D eigenvalue weighted by molar-refractivity contribution is 0.800. The maximum absolute atomic E-state index is 6.08. The molecule has 1 unspecified atom stereocenters. The highest BCUT2D eigenvalue weighted by atomic mass is 35.5. The smallest absolute Gasteiger partial charge is 0.147 e. The van der Waals surface area contributed by atoms with Crippen LogP contribution in [0.4, 0.5) is 5.69 Å². The molecule has 1 heterocycles. The van der Waals surface area contributed by atoms with E-state index in [4.69, 9.17) is 11.5 Å². The molecule has 0 saturated carbocycles. The fraction of sp³-hybridized carbons (Fsp3) is 0.188. The third-order valence-corrected chi connectivity index (χ3v) is 3.53. The monoisotopic (exact) mass is 338 g/mol. The lowest BCUT2D eigenvalue weighted by Crippen LogP contribution is -2.25. The van der Waals surface area contributed by atoms with Crippen molar-refractivity contribution in [3.05, 3.63) is 65.2 Å². The van der Waals surface area contributed by atoms with Crippen LogP contribution >= 0.6 is 24.8 Å². The van der Waals surface area contributed by atoms with Crippen molar-refractivity contribution in [2.75, 3.05) is 11.9 Å². The first-order chi connectivity index (χ1) is 9.79. The molecule has 4 nitrogen and oxygen atoms in total. The highest BCUT2D eigenvalue weighted by Gasteiger charge is 2.20. The number of nitrogens with one attached hydrogen (secondary N) is 1. The maximum Gasteiger partial charge on any atom is 0.147 e. The topological polar surface area (TPSA) is 76.4 Å². The second-order valence-electron chi connectivity index (χ2n) is 4.84. The summed E-state index contributed by atoms with van der Waals surface area (Å²) >= 11 is 0. The number of hydrogen-bond donors (Lipinski definition) is 3. The van der Waals surface area contributed by atoms with E-state index < -0.39 is 0 Å². The van der Waals surface area contributed by atoms with Gasteiger partial charge in [-0.2, -0.15) is 0 Å². The third-order valence-electron chi connectivity index (χ3n) is 3.53. The van der Waals surface area contributed by atoms with E-state index in [-0.39, 0.29) is 31.0 Å². The molecule has 1 aliphatic heterocycles. The summed E-state index contributed by atoms with van der Waals surface area (Å²) in [6, 6.07) is 16.2. The maximum atomic E-state index is 6.08. The molecular weight excluding hydrogens is 319 g/mol. The zero-order valence-electron chi connectivity index (χ0n) is 12.0. The highest BCUT2D eigenvalue weighted by Crippen LogP contribution is 2.30. The predicted molar refractivity (Wildman–Crippen MR) is 97.2 cm³/mol. The molecular formula is C16H20Cl2N4. The van der Waals surface area contributed by atoms with Crippen molar-refractivity contribution < 1.29 is 0 Å². The number of fused-ring (bicyclic) bond motifs is 1. The summed E-state index contributed by atoms with van der Waals surface area (Å²) in [5, 5.41) is 3.43. The molecule has 0 bridgehead atoms. The first kappa shape index (κ1) is 18.3. The Kier molecular flexibility index (Phi) is 6.68. The van der Waals surface area contributed by atoms with Crippen LogP contribution in [0.15, 0.2) is 53.5 Å². The summed E-state index contributed by atoms with van der Waals surface area (Å²) in [5.41, 5.74) is 16.1. The lowest BCUT2D eigenvalue weighted by Gasteiger charge is -2.25. The molecule has 0 radical (unpaired) electrons. The van der Waals surface area contributed by atoms with Gasteiger partial charge in [0.05, 0.1) is 0 Å². The Labute approximate surface area is 142 Å². The van der Waals surface area contributed by atoms with E-state index in [0.717, 1.165) is 23.2 Å². The molecule has 5 N–H and O–H groups in total. The molecule has 0 aromatic heterocycles. The number of nitrogens with two attached hydrogens (primary N) is 2. The average Bonchev–Trinajstić information content (AvgIpc) is 2.48. The van der Waals surface area contributed by atoms with Gasteiger partial charge in [0.25, 0.3) is 0 Å². The zero-order chi connectivity index (χ0) is 13.9. The lowest BCUT2D eigenvalue weighted by atomic mass is 10.0. The quantitative estimate of drug-likeness (QED) is 0.805. The number of amidine groups is 1. The van der Waals surface area contributed by atoms with Crippen LogP contribution in [0.5, 0.6) is 0 Å². The van der Waals surface area contributed by atoms with Gasteiger partial charge >= 0.3 is 0 Å². The van der Waals surface area contributed by atoms with Gasteiger partial charge in [-0.25, -0.2) is 4.99 Å². The minimum atomic E-state index is -0.146. The van der Waals surface area contributed by atoms with E-state index in [1.807, 2.05) is 36.4 Å². The Bertz CT molecular complexity index is 658. The minimum absolute atomic E-state index is 0. The van der Waals surface area contributed by atoms with Crippen LogP contribution in [-0.4, -0.2) is 12.4 Å². The Morgan fingerprint density at radius 3 is 2.45 bits per heavy atom. The Morgan fingerprint density at radius 2 is 1.68 bits per heavy atom. The fourth-order valence-electron chi connectivity index (χ4n) is 2.55. The predicted octanol–water partition coefficient (Wildman–Crippen LogP) is 2.86. The molecule has 0 spiro atoms. The largest absolute Gasteiger partial charge is 0.383 e. The number of para-hydroxylation sites is 1. The van der Waals surface area contributed by atoms with Crippen molar-refractivity contribution in [1.29, 1.82) is 0 Å². The number of hydrogen-bond acceptors (Lipinski definition) is 4. The van der Waals surface area contributed by atoms with Crippen LogP contribution in [0.3, 0.4) is 0 Å². The molecule has 118 valence electrons. The molecule has 0 aliphatic carbocycles. The first-order valence-corrected chi connectivity index (χ1v) is 6.76. The fourth-order valence-corrected chi connectivity index (χ4v) is 2.55. The number of nitrogens with zero attached hydrogens (tertiary/aromatic N) is 1. The summed E-state index contributed by atoms with van der Waals surface area (Å²) in [7, 11) is 0. The standard InChI is InChI=1S/C16H18N4.2ClH/c17-10-9-11-5-1-2-6-12(11)16-19-14-8-4-3-7-13(14)15(18)20-16;;/h1-8,16,19H,9-10,17H2,(H2,18,20);2*1H. The van der Waals surface area contributed by atoms with Crippen LogP contribution < -0.4 is 16.8 Å². The van der Waals surface area contributed by atoms with Gasteiger partial charge in [0.2, 0.25) is 0 Å². The normalized spacial score (nSPS) is 15.5. The molecule has 2 aromatic carbocycles. The van der Waals surface area contributed by atoms with Gasteiger partial charge in [-0.15, -0.1) is 24.8 Å². The van der Waals surface area contributed by atoms with Gasteiger partial charge in [-0.1, -0.05) is 36.4 Å². The molecule has 0 amide bonds. The summed E-state index contributed by atoms with van der Waals surface area (Å²) in [6.07, 6.45) is 0.693. The second-order valence-corrected chi connectivity index (χ2v) is 4.84. The van der Waals surface area contributed by atoms with E-state index in [1.54, 1.807) is 0 Å². The van der Waals surface area contributed by atoms with Crippen molar-refractivity contribution >= 4 is 36.3 Å². The number of anilines is 1. The Balaban J connectivity index is 0.00000121. The first-order valence-electron chi connectivity index (χ1n) is 6.76. The van der Waals surface area contributed by atoms with E-state index in [0.29, 0.717) is 12.4 Å². The van der Waals surface area contributed by atoms with Crippen LogP contribution in [0.25, 0.3) is 0 Å². The van der Waals surface area contributed by atoms with Gasteiger partial charge in [-0.05, 0) is 36.2 Å². The highest BCUT2D eigenvalue weighted by molar-refractivity contribution is 6.03. The van der Waals surface area contributed by atoms with E-state index in [9.17, 15) is 0 Å². The molecule has 2 aromatic rings. The van der Waals surface area contributed by atoms with Crippen molar-refractivity contribution in [1.82, 2.24) is 0 Å². The number of rotatable bonds is 3. The average molecular weight is 339 g/mol. The molecule has 0 saturated heterocycles. The minimum Gasteiger partial charge on any atom is -0.383 e. The molecule has 22 heavy (non-hydrogen) atoms. The molecule has 6 heteroatoms. The second kappa shape index (κ2) is 8.03. The van der Waals surface area contributed by atoms with Gasteiger partial charge in [-0.3, -0.25) is 0 Å². The Hall–Kier alpha value is -1.75. The van der Waals surface area contributed by atoms with Crippen LogP contribution in [0.2, 0.25) is 0 Å². The Morgan fingerprint density at radius 1 is 1.00 bits per heavy atom. The van der Waals surface area contributed by atoms with Crippen LogP contribution in [0, 0.1) is 0 Å². The molecule has 1 atom stereocenters. The number of halogens is 2. The van der Waals surface area contributed by atoms with E-state index in [1.165, 1.54) is 5.56 Å². The van der Waals surface area contributed by atoms with Crippen LogP contribution in [-0.2, 0) is 6.42 Å². The van der Waals surface area contributed by atoms with Crippen LogP contribution in [0.1, 0.15) is 22.9 Å². The van der Waals surface area contributed by atoms with E-state index >= 15 is 0 Å². The van der Waals surface area contributed by atoms with Gasteiger partial charge in [0.15, 0.2) is 0 Å². The van der Waals surface area contributed by atoms with Crippen molar-refractivity contribution in [3.63, 3.8) is 0 Å². The SMILES string of the molecule is Cl.Cl.NCCc1ccccc1C1N=C(N)c2ccccc2N1. The summed E-state index contributed by atoms with van der Waals surface area (Å²) < 4.78 is 0. The van der Waals surface area contributed by atoms with Gasteiger partial charge < -0.3 is 16.8 Å². The molecule has 1 aliphatic rings. The number of benzene rings is 2. The molecule has 3 rings (SSSR count). The zero-order valence-corrected chi connectivity index (χ0v) is 13.7. The van der Waals surface area contributed by atoms with Gasteiger partial charge in [0.1, 0.15) is 12.0 Å². The third kappa shape index (κ3) is 3.53. The van der Waals surface area contributed by atoms with E-state index in [2.05, 4.69) is 22.4 Å². The summed E-state index contributed by atoms with van der Waals surface area (Å²) in [5.74, 6) is 0.576. The van der Waals surface area contributed by atoms with Gasteiger partial charge in [0, 0.05) is 11.3 Å². The summed E-state index contributed by atoms with van der Waals surface area (Å²) in [6.45, 7) is 0.625.